The van der Waals surface area contributed by atoms with Crippen molar-refractivity contribution in [2.45, 2.75) is 44.8 Å². The summed E-state index contributed by atoms with van der Waals surface area (Å²) < 4.78 is 27.1. The Morgan fingerprint density at radius 2 is 1.79 bits per heavy atom. The van der Waals surface area contributed by atoms with Crippen LogP contribution in [0.2, 0.25) is 0 Å². The molecule has 0 aliphatic rings. The average Bonchev–Trinajstić information content (AvgIpc) is 2.90. The summed E-state index contributed by atoms with van der Waals surface area (Å²) in [5.74, 6) is -2.42. The van der Waals surface area contributed by atoms with Crippen LogP contribution in [0.4, 0.5) is 14.5 Å². The van der Waals surface area contributed by atoms with Gasteiger partial charge in [0, 0.05) is 27.5 Å². The zero-order valence-electron chi connectivity index (χ0n) is 16.5. The molecule has 0 fully saturated rings. The van der Waals surface area contributed by atoms with Crippen molar-refractivity contribution in [2.24, 2.45) is 0 Å². The number of carbonyl (C=O) groups excluding carboxylic acids is 1. The lowest BCUT2D eigenvalue weighted by atomic mass is 10.1. The van der Waals surface area contributed by atoms with Crippen molar-refractivity contribution in [3.05, 3.63) is 58.7 Å². The van der Waals surface area contributed by atoms with Crippen molar-refractivity contribution in [3.63, 3.8) is 0 Å². The van der Waals surface area contributed by atoms with Gasteiger partial charge in [-0.2, -0.15) is 13.9 Å². The third-order valence-corrected chi connectivity index (χ3v) is 5.10. The quantitative estimate of drug-likeness (QED) is 0.602. The van der Waals surface area contributed by atoms with Crippen LogP contribution < -0.4 is 5.32 Å². The topological polar surface area (TPSA) is 72.7 Å². The van der Waals surface area contributed by atoms with E-state index in [0.29, 0.717) is 34.0 Å². The highest BCUT2D eigenvalue weighted by Gasteiger charge is 2.19. The molecule has 0 bridgehead atoms. The molecule has 0 radical (unpaired) electrons. The summed E-state index contributed by atoms with van der Waals surface area (Å²) in [6.45, 7) is 7.43. The van der Waals surface area contributed by atoms with E-state index in [1.165, 1.54) is 0 Å². The van der Waals surface area contributed by atoms with Crippen LogP contribution in [0.5, 0.6) is 0 Å². The molecule has 0 saturated heterocycles. The van der Waals surface area contributed by atoms with E-state index in [0.717, 1.165) is 22.6 Å². The van der Waals surface area contributed by atoms with Crippen LogP contribution in [0.3, 0.4) is 0 Å². The highest BCUT2D eigenvalue weighted by atomic mass is 32.2. The third kappa shape index (κ3) is 4.97. The summed E-state index contributed by atoms with van der Waals surface area (Å²) in [4.78, 5) is 21.8. The number of nitrogens with zero attached hydrogens (tertiary/aromatic N) is 4. The zero-order valence-corrected chi connectivity index (χ0v) is 17.3. The van der Waals surface area contributed by atoms with Gasteiger partial charge in [0.15, 0.2) is 0 Å². The second-order valence-electron chi connectivity index (χ2n) is 6.61. The van der Waals surface area contributed by atoms with Gasteiger partial charge in [-0.05, 0) is 45.9 Å². The first-order valence-electron chi connectivity index (χ1n) is 8.96. The molecule has 2 heterocycles. The predicted molar refractivity (Wildman–Crippen MR) is 109 cm³/mol. The van der Waals surface area contributed by atoms with Crippen LogP contribution in [0, 0.1) is 27.7 Å². The number of aryl methyl sites for hydroxylation is 3. The SMILES string of the molecule is Cc1cc(C)nc(-n2nc(C)c(CC(=O)Nc3ccccc3SC(F)F)c2C)n1. The average molecular weight is 417 g/mol. The number of nitrogens with one attached hydrogen (secondary N) is 1. The summed E-state index contributed by atoms with van der Waals surface area (Å²) in [5.41, 5.74) is 4.22. The van der Waals surface area contributed by atoms with E-state index in [2.05, 4.69) is 20.4 Å². The molecule has 0 spiro atoms. The maximum Gasteiger partial charge on any atom is 0.288 e. The third-order valence-electron chi connectivity index (χ3n) is 4.32. The van der Waals surface area contributed by atoms with Gasteiger partial charge < -0.3 is 5.32 Å². The Bertz CT molecular complexity index is 1030. The van der Waals surface area contributed by atoms with Crippen molar-refractivity contribution in [1.29, 1.82) is 0 Å². The molecule has 3 aromatic rings. The molecule has 0 atom stereocenters. The van der Waals surface area contributed by atoms with Crippen LogP contribution in [-0.4, -0.2) is 31.4 Å². The molecular weight excluding hydrogens is 396 g/mol. The smallest absolute Gasteiger partial charge is 0.288 e. The Labute approximate surface area is 171 Å². The fourth-order valence-corrected chi connectivity index (χ4v) is 3.65. The minimum atomic E-state index is -2.56. The Balaban J connectivity index is 1.83. The summed E-state index contributed by atoms with van der Waals surface area (Å²) >= 11 is 0.403. The molecule has 9 heteroatoms. The van der Waals surface area contributed by atoms with Crippen LogP contribution in [0.1, 0.15) is 28.3 Å². The van der Waals surface area contributed by atoms with Crippen LogP contribution in [0.25, 0.3) is 5.95 Å². The maximum atomic E-state index is 12.7. The summed E-state index contributed by atoms with van der Waals surface area (Å²) in [6.07, 6.45) is 0.0656. The number of para-hydroxylation sites is 1. The van der Waals surface area contributed by atoms with E-state index in [-0.39, 0.29) is 12.3 Å². The monoisotopic (exact) mass is 417 g/mol. The van der Waals surface area contributed by atoms with Gasteiger partial charge in [-0.1, -0.05) is 23.9 Å². The van der Waals surface area contributed by atoms with E-state index in [9.17, 15) is 13.6 Å². The molecule has 0 saturated carbocycles. The normalized spacial score (nSPS) is 11.1. The van der Waals surface area contributed by atoms with Gasteiger partial charge in [0.05, 0.1) is 17.8 Å². The molecule has 6 nitrogen and oxygen atoms in total. The predicted octanol–water partition coefficient (Wildman–Crippen LogP) is 4.39. The summed E-state index contributed by atoms with van der Waals surface area (Å²) in [5, 5.41) is 7.21. The van der Waals surface area contributed by atoms with Gasteiger partial charge in [-0.3, -0.25) is 4.79 Å². The number of carbonyl (C=O) groups is 1. The first-order chi connectivity index (χ1) is 13.7. The molecular formula is C20H21F2N5OS. The van der Waals surface area contributed by atoms with Gasteiger partial charge in [0.1, 0.15) is 0 Å². The van der Waals surface area contributed by atoms with Crippen molar-refractivity contribution in [2.75, 3.05) is 5.32 Å². The number of amides is 1. The number of hydrogen-bond acceptors (Lipinski definition) is 5. The van der Waals surface area contributed by atoms with Gasteiger partial charge in [0.25, 0.3) is 11.7 Å². The number of anilines is 1. The Kier molecular flexibility index (Phi) is 6.26. The van der Waals surface area contributed by atoms with Crippen molar-refractivity contribution in [3.8, 4) is 5.95 Å². The standard InChI is InChI=1S/C20H21F2N5OS/c1-11-9-12(2)24-20(23-11)27-14(4)15(13(3)26-27)10-18(28)25-16-7-5-6-8-17(16)29-19(21)22/h5-9,19H,10H2,1-4H3,(H,25,28). The van der Waals surface area contributed by atoms with Crippen molar-refractivity contribution < 1.29 is 13.6 Å². The Morgan fingerprint density at radius 3 is 2.45 bits per heavy atom. The molecule has 29 heavy (non-hydrogen) atoms. The molecule has 2 aromatic heterocycles. The molecule has 1 N–H and O–H groups in total. The van der Waals surface area contributed by atoms with E-state index >= 15 is 0 Å². The second-order valence-corrected chi connectivity index (χ2v) is 7.64. The first kappa shape index (κ1) is 20.9. The van der Waals surface area contributed by atoms with E-state index < -0.39 is 5.76 Å². The molecule has 0 unspecified atom stereocenters. The molecule has 1 aromatic carbocycles. The van der Waals surface area contributed by atoms with Gasteiger partial charge in [-0.15, -0.1) is 0 Å². The Morgan fingerprint density at radius 1 is 1.14 bits per heavy atom. The van der Waals surface area contributed by atoms with Crippen LogP contribution >= 0.6 is 11.8 Å². The highest BCUT2D eigenvalue weighted by molar-refractivity contribution is 7.99. The highest BCUT2D eigenvalue weighted by Crippen LogP contribution is 2.31. The minimum absolute atomic E-state index is 0.0656. The summed E-state index contributed by atoms with van der Waals surface area (Å²) in [7, 11) is 0. The fraction of sp³-hybridized carbons (Fsp3) is 0.300. The number of aromatic nitrogens is 4. The van der Waals surface area contributed by atoms with E-state index in [1.54, 1.807) is 28.9 Å². The van der Waals surface area contributed by atoms with Gasteiger partial charge in [0.2, 0.25) is 5.91 Å². The molecule has 0 aliphatic carbocycles. The maximum absolute atomic E-state index is 12.7. The fourth-order valence-electron chi connectivity index (χ4n) is 3.05. The number of halogens is 2. The van der Waals surface area contributed by atoms with Gasteiger partial charge in [-0.25, -0.2) is 14.6 Å². The lowest BCUT2D eigenvalue weighted by Crippen LogP contribution is -2.16. The number of benzene rings is 1. The number of hydrogen-bond donors (Lipinski definition) is 1. The lowest BCUT2D eigenvalue weighted by Gasteiger charge is -2.10. The van der Waals surface area contributed by atoms with Gasteiger partial charge >= 0.3 is 0 Å². The van der Waals surface area contributed by atoms with Crippen molar-refractivity contribution >= 4 is 23.4 Å². The van der Waals surface area contributed by atoms with Crippen LogP contribution in [0.15, 0.2) is 35.2 Å². The zero-order chi connectivity index (χ0) is 21.1. The number of alkyl halides is 2. The molecule has 1 amide bonds. The van der Waals surface area contributed by atoms with Crippen LogP contribution in [-0.2, 0) is 11.2 Å². The number of rotatable bonds is 6. The molecule has 152 valence electrons. The van der Waals surface area contributed by atoms with E-state index in [4.69, 9.17) is 0 Å². The Hall–Kier alpha value is -2.81. The minimum Gasteiger partial charge on any atom is -0.325 e. The number of thioether (sulfide) groups is 1. The second kappa shape index (κ2) is 8.69. The van der Waals surface area contributed by atoms with E-state index in [1.807, 2.05) is 33.8 Å². The molecule has 3 rings (SSSR count). The largest absolute Gasteiger partial charge is 0.325 e. The first-order valence-corrected chi connectivity index (χ1v) is 9.84. The van der Waals surface area contributed by atoms with Crippen molar-refractivity contribution in [1.82, 2.24) is 19.7 Å². The summed E-state index contributed by atoms with van der Waals surface area (Å²) in [6, 6.07) is 8.38. The lowest BCUT2D eigenvalue weighted by molar-refractivity contribution is -0.115. The molecule has 0 aliphatic heterocycles.